The Labute approximate surface area is 176 Å². The van der Waals surface area contributed by atoms with Crippen molar-refractivity contribution in [2.24, 2.45) is 0 Å². The van der Waals surface area contributed by atoms with Crippen molar-refractivity contribution in [2.75, 3.05) is 0 Å². The van der Waals surface area contributed by atoms with Gasteiger partial charge < -0.3 is 0 Å². The van der Waals surface area contributed by atoms with Crippen LogP contribution in [0, 0.1) is 13.8 Å². The molecule has 0 N–H and O–H groups in total. The summed E-state index contributed by atoms with van der Waals surface area (Å²) >= 11 is 0. The molecular weight excluding hydrogens is 368 g/mol. The first-order valence-electron chi connectivity index (χ1n) is 9.96. The lowest BCUT2D eigenvalue weighted by molar-refractivity contribution is 0.100. The second-order valence-corrected chi connectivity index (χ2v) is 7.44. The highest BCUT2D eigenvalue weighted by molar-refractivity contribution is 6.22. The Morgan fingerprint density at radius 2 is 1.03 bits per heavy atom. The average Bonchev–Trinajstić information content (AvgIpc) is 2.80. The third-order valence-corrected chi connectivity index (χ3v) is 5.30. The maximum atomic E-state index is 13.7. The first-order valence-corrected chi connectivity index (χ1v) is 9.96. The maximum Gasteiger partial charge on any atom is 0.194 e. The van der Waals surface area contributed by atoms with Gasteiger partial charge >= 0.3 is 0 Å². The molecule has 0 saturated heterocycles. The van der Waals surface area contributed by atoms with Crippen LogP contribution in [-0.2, 0) is 0 Å². The molecule has 30 heavy (non-hydrogen) atoms. The highest BCUT2D eigenvalue weighted by atomic mass is 16.1. The molecule has 0 amide bonds. The Morgan fingerprint density at radius 3 is 1.57 bits per heavy atom. The molecule has 0 aliphatic carbocycles. The molecule has 4 aromatic rings. The van der Waals surface area contributed by atoms with Crippen LogP contribution in [0.3, 0.4) is 0 Å². The van der Waals surface area contributed by atoms with Crippen LogP contribution >= 0.6 is 0 Å². The van der Waals surface area contributed by atoms with Gasteiger partial charge in [-0.05, 0) is 30.5 Å². The molecule has 0 unspecified atom stereocenters. The zero-order chi connectivity index (χ0) is 21.1. The minimum absolute atomic E-state index is 0.138. The van der Waals surface area contributed by atoms with E-state index >= 15 is 0 Å². The molecule has 0 heterocycles. The van der Waals surface area contributed by atoms with Crippen LogP contribution in [0.15, 0.2) is 97.1 Å². The van der Waals surface area contributed by atoms with Gasteiger partial charge in [0.15, 0.2) is 11.6 Å². The normalized spacial score (nSPS) is 10.6. The van der Waals surface area contributed by atoms with Crippen LogP contribution in [0.1, 0.15) is 43.0 Å². The van der Waals surface area contributed by atoms with Gasteiger partial charge in [-0.15, -0.1) is 0 Å². The van der Waals surface area contributed by atoms with E-state index in [1.54, 1.807) is 24.3 Å². The lowest BCUT2D eigenvalue weighted by Gasteiger charge is -2.17. The number of hydrogen-bond acceptors (Lipinski definition) is 2. The molecule has 4 aromatic carbocycles. The average molecular weight is 390 g/mol. The zero-order valence-electron chi connectivity index (χ0n) is 17.1. The largest absolute Gasteiger partial charge is 0.289 e. The molecule has 0 bridgehead atoms. The van der Waals surface area contributed by atoms with Crippen molar-refractivity contribution in [3.8, 4) is 11.1 Å². The molecule has 0 saturated carbocycles. The first kappa shape index (κ1) is 19.5. The topological polar surface area (TPSA) is 34.1 Å². The quantitative estimate of drug-likeness (QED) is 0.368. The summed E-state index contributed by atoms with van der Waals surface area (Å²) in [7, 11) is 0. The van der Waals surface area contributed by atoms with Crippen LogP contribution in [0.2, 0.25) is 0 Å². The second-order valence-electron chi connectivity index (χ2n) is 7.44. The summed E-state index contributed by atoms with van der Waals surface area (Å²) in [6.45, 7) is 3.91. The van der Waals surface area contributed by atoms with Gasteiger partial charge in [-0.2, -0.15) is 0 Å². The fraction of sp³-hybridized carbons (Fsp3) is 0.0714. The van der Waals surface area contributed by atoms with Crippen molar-refractivity contribution in [3.63, 3.8) is 0 Å². The van der Waals surface area contributed by atoms with E-state index in [2.05, 4.69) is 0 Å². The van der Waals surface area contributed by atoms with Crippen LogP contribution in [0.4, 0.5) is 0 Å². The molecule has 2 heteroatoms. The minimum atomic E-state index is -0.144. The van der Waals surface area contributed by atoms with Crippen LogP contribution in [0.5, 0.6) is 0 Å². The van der Waals surface area contributed by atoms with Crippen molar-refractivity contribution in [3.05, 3.63) is 130 Å². The maximum absolute atomic E-state index is 13.7. The number of rotatable bonds is 5. The van der Waals surface area contributed by atoms with Gasteiger partial charge in [0.2, 0.25) is 0 Å². The molecule has 0 aliphatic heterocycles. The third kappa shape index (κ3) is 3.72. The Kier molecular flexibility index (Phi) is 5.40. The number of aryl methyl sites for hydroxylation is 2. The van der Waals surface area contributed by atoms with E-state index in [4.69, 9.17) is 0 Å². The van der Waals surface area contributed by atoms with Crippen molar-refractivity contribution >= 4 is 11.6 Å². The molecule has 0 spiro atoms. The molecule has 146 valence electrons. The van der Waals surface area contributed by atoms with Gasteiger partial charge in [0, 0.05) is 22.3 Å². The standard InChI is InChI=1S/C28H22O2/c1-19-13-16-21(17-14-19)24-18-15-20(2)25(27(29)22-9-5-3-6-10-22)26(24)28(30)23-11-7-4-8-12-23/h3-18H,1-2H3. The number of carbonyl (C=O) groups is 2. The van der Waals surface area contributed by atoms with Crippen molar-refractivity contribution < 1.29 is 9.59 Å². The monoisotopic (exact) mass is 390 g/mol. The fourth-order valence-electron chi connectivity index (χ4n) is 3.68. The predicted molar refractivity (Wildman–Crippen MR) is 121 cm³/mol. The highest BCUT2D eigenvalue weighted by Crippen LogP contribution is 2.32. The molecular formula is C28H22O2. The summed E-state index contributed by atoms with van der Waals surface area (Å²) in [4.78, 5) is 27.2. The van der Waals surface area contributed by atoms with Gasteiger partial charge in [-0.25, -0.2) is 0 Å². The van der Waals surface area contributed by atoms with E-state index < -0.39 is 0 Å². The molecule has 0 aromatic heterocycles. The van der Waals surface area contributed by atoms with Crippen molar-refractivity contribution in [1.29, 1.82) is 0 Å². The Hall–Kier alpha value is -3.78. The van der Waals surface area contributed by atoms with Crippen LogP contribution in [-0.4, -0.2) is 11.6 Å². The Morgan fingerprint density at radius 1 is 0.533 bits per heavy atom. The van der Waals surface area contributed by atoms with Crippen LogP contribution in [0.25, 0.3) is 11.1 Å². The van der Waals surface area contributed by atoms with E-state index in [0.29, 0.717) is 22.3 Å². The number of benzene rings is 4. The third-order valence-electron chi connectivity index (χ3n) is 5.30. The highest BCUT2D eigenvalue weighted by Gasteiger charge is 2.25. The van der Waals surface area contributed by atoms with Gasteiger partial charge in [-0.1, -0.05) is 103 Å². The molecule has 0 radical (unpaired) electrons. The van der Waals surface area contributed by atoms with E-state index in [1.807, 2.05) is 86.6 Å². The Balaban J connectivity index is 1.99. The summed E-state index contributed by atoms with van der Waals surface area (Å²) in [5.41, 5.74) is 5.69. The SMILES string of the molecule is Cc1ccc(-c2ccc(C)c(C(=O)c3ccccc3)c2C(=O)c2ccccc2)cc1. The predicted octanol–water partition coefficient (Wildman–Crippen LogP) is 6.43. The molecule has 0 atom stereocenters. The smallest absolute Gasteiger partial charge is 0.194 e. The molecule has 0 aliphatic rings. The summed E-state index contributed by atoms with van der Waals surface area (Å²) in [6, 6.07) is 30.2. The summed E-state index contributed by atoms with van der Waals surface area (Å²) in [6.07, 6.45) is 0. The van der Waals surface area contributed by atoms with Gasteiger partial charge in [0.05, 0.1) is 0 Å². The lowest BCUT2D eigenvalue weighted by Crippen LogP contribution is -2.14. The second kappa shape index (κ2) is 8.30. The molecule has 4 rings (SSSR count). The number of hydrogen-bond donors (Lipinski definition) is 0. The van der Waals surface area contributed by atoms with Crippen molar-refractivity contribution in [1.82, 2.24) is 0 Å². The summed E-state index contributed by atoms with van der Waals surface area (Å²) in [5, 5.41) is 0. The number of carbonyl (C=O) groups excluding carboxylic acids is 2. The number of ketones is 2. The Bertz CT molecular complexity index is 1200. The fourth-order valence-corrected chi connectivity index (χ4v) is 3.68. The first-order chi connectivity index (χ1) is 14.6. The minimum Gasteiger partial charge on any atom is -0.289 e. The summed E-state index contributed by atoms with van der Waals surface area (Å²) in [5.74, 6) is -0.282. The van der Waals surface area contributed by atoms with Gasteiger partial charge in [0.25, 0.3) is 0 Å². The van der Waals surface area contributed by atoms with Crippen molar-refractivity contribution in [2.45, 2.75) is 13.8 Å². The van der Waals surface area contributed by atoms with E-state index in [9.17, 15) is 9.59 Å². The lowest BCUT2D eigenvalue weighted by atomic mass is 9.84. The molecule has 0 fully saturated rings. The van der Waals surface area contributed by atoms with Gasteiger partial charge in [0.1, 0.15) is 0 Å². The van der Waals surface area contributed by atoms with E-state index in [-0.39, 0.29) is 11.6 Å². The molecule has 2 nitrogen and oxygen atoms in total. The van der Waals surface area contributed by atoms with E-state index in [0.717, 1.165) is 22.3 Å². The van der Waals surface area contributed by atoms with Crippen LogP contribution < -0.4 is 0 Å². The van der Waals surface area contributed by atoms with Gasteiger partial charge in [-0.3, -0.25) is 9.59 Å². The zero-order valence-corrected chi connectivity index (χ0v) is 17.1. The van der Waals surface area contributed by atoms with E-state index in [1.165, 1.54) is 0 Å². The summed E-state index contributed by atoms with van der Waals surface area (Å²) < 4.78 is 0.